The molecule has 0 saturated carbocycles. The zero-order valence-electron chi connectivity index (χ0n) is 8.78. The Hall–Kier alpha value is 1.25. The Morgan fingerprint density at radius 2 is 1.76 bits per heavy atom. The molecule has 0 amide bonds. The minimum atomic E-state index is -4.01. The SMILES string of the molecule is Cc1c(I)cc(Cl)cc1[N+](=O)[O-].[Na+].[O-][I+2]([O-])[O-]. The van der Waals surface area contributed by atoms with Gasteiger partial charge in [-0.15, -0.1) is 0 Å². The van der Waals surface area contributed by atoms with Crippen molar-refractivity contribution in [3.8, 4) is 0 Å². The fraction of sp³-hybridized carbons (Fsp3) is 0.143. The summed E-state index contributed by atoms with van der Waals surface area (Å²) in [4.78, 5) is 10.0. The number of benzene rings is 1. The zero-order chi connectivity index (χ0) is 12.9. The molecule has 0 heterocycles. The van der Waals surface area contributed by atoms with Crippen molar-refractivity contribution in [2.75, 3.05) is 0 Å². The summed E-state index contributed by atoms with van der Waals surface area (Å²) in [6, 6.07) is 3.06. The Morgan fingerprint density at radius 3 is 2.12 bits per heavy atom. The predicted octanol–water partition coefficient (Wildman–Crippen LogP) is -6.40. The van der Waals surface area contributed by atoms with Crippen molar-refractivity contribution in [3.05, 3.63) is 36.4 Å². The van der Waals surface area contributed by atoms with Gasteiger partial charge in [0, 0.05) is 20.2 Å². The zero-order valence-corrected chi connectivity index (χ0v) is 15.8. The quantitative estimate of drug-likeness (QED) is 0.167. The van der Waals surface area contributed by atoms with E-state index in [2.05, 4.69) is 0 Å². The van der Waals surface area contributed by atoms with Crippen molar-refractivity contribution in [1.29, 1.82) is 0 Å². The number of nitro groups is 1. The van der Waals surface area contributed by atoms with Crippen molar-refractivity contribution in [3.63, 3.8) is 0 Å². The molecule has 1 rings (SSSR count). The van der Waals surface area contributed by atoms with Crippen LogP contribution in [-0.2, 0) is 0 Å². The molecule has 0 aromatic heterocycles. The van der Waals surface area contributed by atoms with Gasteiger partial charge in [-0.25, -0.2) is 0 Å². The number of nitrogens with zero attached hydrogens (tertiary/aromatic N) is 1. The summed E-state index contributed by atoms with van der Waals surface area (Å²) in [7, 11) is 0. The molecule has 0 aliphatic heterocycles. The Morgan fingerprint density at radius 1 is 1.35 bits per heavy atom. The molecular formula is C7H5ClI2NNaO5. The van der Waals surface area contributed by atoms with Crippen LogP contribution >= 0.6 is 34.2 Å². The maximum Gasteiger partial charge on any atom is 1.00 e. The Labute approximate surface area is 147 Å². The molecule has 0 bridgehead atoms. The van der Waals surface area contributed by atoms with E-state index in [1.165, 1.54) is 6.07 Å². The third-order valence-corrected chi connectivity index (χ3v) is 2.82. The minimum absolute atomic E-state index is 0. The maximum atomic E-state index is 10.5. The first-order valence-corrected chi connectivity index (χ1v) is 7.68. The molecule has 0 spiro atoms. The van der Waals surface area contributed by atoms with Crippen LogP contribution in [0, 0.1) is 20.6 Å². The molecule has 10 heteroatoms. The van der Waals surface area contributed by atoms with Gasteiger partial charge in [0.05, 0.1) is 4.92 Å². The minimum Gasteiger partial charge on any atom is -0.427 e. The summed E-state index contributed by atoms with van der Waals surface area (Å²) < 4.78 is 26.5. The normalized spacial score (nSPS) is 9.12. The molecule has 0 aliphatic rings. The molecule has 90 valence electrons. The van der Waals surface area contributed by atoms with Gasteiger partial charge in [0.25, 0.3) is 26.8 Å². The van der Waals surface area contributed by atoms with Crippen LogP contribution in [0.5, 0.6) is 0 Å². The number of halogens is 3. The van der Waals surface area contributed by atoms with E-state index < -0.39 is 26.0 Å². The van der Waals surface area contributed by atoms with Crippen molar-refractivity contribution >= 4 is 39.9 Å². The van der Waals surface area contributed by atoms with Gasteiger partial charge in [-0.3, -0.25) is 10.1 Å². The first-order chi connectivity index (χ1) is 7.25. The number of hydrogen-bond acceptors (Lipinski definition) is 5. The van der Waals surface area contributed by atoms with Gasteiger partial charge in [0.1, 0.15) is 0 Å². The second-order valence-corrected chi connectivity index (χ2v) is 5.16. The molecule has 1 aromatic carbocycles. The van der Waals surface area contributed by atoms with Crippen LogP contribution in [0.2, 0.25) is 5.02 Å². The van der Waals surface area contributed by atoms with Crippen molar-refractivity contribution < 1.29 is 65.9 Å². The molecule has 0 atom stereocenters. The molecule has 1 aromatic rings. The molecule has 0 radical (unpaired) electrons. The van der Waals surface area contributed by atoms with Crippen molar-refractivity contribution in [2.45, 2.75) is 6.92 Å². The number of rotatable bonds is 1. The largest absolute Gasteiger partial charge is 1.00 e. The van der Waals surface area contributed by atoms with Crippen LogP contribution < -0.4 is 60.9 Å². The van der Waals surface area contributed by atoms with E-state index in [0.29, 0.717) is 10.6 Å². The summed E-state index contributed by atoms with van der Waals surface area (Å²) in [6.07, 6.45) is 0. The first-order valence-electron chi connectivity index (χ1n) is 3.58. The maximum absolute atomic E-state index is 10.5. The molecule has 17 heavy (non-hydrogen) atoms. The van der Waals surface area contributed by atoms with Gasteiger partial charge in [0.2, 0.25) is 0 Å². The van der Waals surface area contributed by atoms with E-state index in [-0.39, 0.29) is 35.2 Å². The van der Waals surface area contributed by atoms with E-state index in [1.807, 2.05) is 22.6 Å². The molecular weight excluding hydrogens is 490 g/mol. The van der Waals surface area contributed by atoms with Crippen LogP contribution in [0.4, 0.5) is 5.69 Å². The fourth-order valence-corrected chi connectivity index (χ4v) is 1.83. The standard InChI is InChI=1S/C7H5ClINO2.IO3.Na/c1-4-6(9)2-5(8)3-7(4)10(11)12;2-1(3)4;/h2-3H,1H3;;/q;-1;+1. The molecule has 0 unspecified atom stereocenters. The van der Waals surface area contributed by atoms with E-state index in [4.69, 9.17) is 21.9 Å². The van der Waals surface area contributed by atoms with Crippen molar-refractivity contribution in [2.24, 2.45) is 0 Å². The molecule has 6 nitrogen and oxygen atoms in total. The number of hydrogen-bond donors (Lipinski definition) is 0. The van der Waals surface area contributed by atoms with E-state index in [9.17, 15) is 10.1 Å². The van der Waals surface area contributed by atoms with Crippen molar-refractivity contribution in [1.82, 2.24) is 0 Å². The van der Waals surface area contributed by atoms with Crippen LogP contribution in [0.1, 0.15) is 5.56 Å². The van der Waals surface area contributed by atoms with E-state index in [0.717, 1.165) is 3.57 Å². The average molecular weight is 495 g/mol. The van der Waals surface area contributed by atoms with Gasteiger partial charge in [-0.1, -0.05) is 11.6 Å². The fourth-order valence-electron chi connectivity index (χ4n) is 0.822. The van der Waals surface area contributed by atoms with Gasteiger partial charge < -0.3 is 10.3 Å². The van der Waals surface area contributed by atoms with Gasteiger partial charge in [-0.05, 0) is 35.6 Å². The summed E-state index contributed by atoms with van der Waals surface area (Å²) in [5.74, 6) is 0. The summed E-state index contributed by atoms with van der Waals surface area (Å²) in [6.45, 7) is 1.70. The third kappa shape index (κ3) is 8.88. The second-order valence-electron chi connectivity index (χ2n) is 2.48. The van der Waals surface area contributed by atoms with E-state index in [1.54, 1.807) is 13.0 Å². The van der Waals surface area contributed by atoms with Crippen LogP contribution in [0.25, 0.3) is 0 Å². The van der Waals surface area contributed by atoms with Crippen LogP contribution in [0.3, 0.4) is 0 Å². The predicted molar refractivity (Wildman–Crippen MR) is 55.6 cm³/mol. The van der Waals surface area contributed by atoms with Gasteiger partial charge >= 0.3 is 29.6 Å². The Bertz CT molecular complexity index is 390. The Balaban J connectivity index is 0. The molecule has 0 aliphatic carbocycles. The van der Waals surface area contributed by atoms with Crippen LogP contribution in [-0.4, -0.2) is 4.92 Å². The molecule has 0 fully saturated rings. The first kappa shape index (κ1) is 20.6. The average Bonchev–Trinajstić information content (AvgIpc) is 2.09. The summed E-state index contributed by atoms with van der Waals surface area (Å²) in [5.41, 5.74) is 0.733. The van der Waals surface area contributed by atoms with Crippen LogP contribution in [0.15, 0.2) is 12.1 Å². The molecule has 0 saturated heterocycles. The molecule has 0 N–H and O–H groups in total. The smallest absolute Gasteiger partial charge is 0.427 e. The Kier molecular flexibility index (Phi) is 12.2. The topological polar surface area (TPSA) is 112 Å². The third-order valence-electron chi connectivity index (χ3n) is 1.48. The summed E-state index contributed by atoms with van der Waals surface area (Å²) in [5, 5.41) is 10.9. The van der Waals surface area contributed by atoms with E-state index >= 15 is 0 Å². The summed E-state index contributed by atoms with van der Waals surface area (Å²) >= 11 is 3.66. The monoisotopic (exact) mass is 495 g/mol. The van der Waals surface area contributed by atoms with Gasteiger partial charge in [0.15, 0.2) is 0 Å². The van der Waals surface area contributed by atoms with Gasteiger partial charge in [-0.2, -0.15) is 0 Å². The number of nitro benzene ring substituents is 1. The second kappa shape index (κ2) is 10.1.